The van der Waals surface area contributed by atoms with Gasteiger partial charge in [0.1, 0.15) is 11.4 Å². The minimum Gasteiger partial charge on any atom is -0.357 e. The van der Waals surface area contributed by atoms with E-state index in [-0.39, 0.29) is 5.91 Å². The number of carbonyl (C=O) groups excluding carboxylic acids is 1. The summed E-state index contributed by atoms with van der Waals surface area (Å²) in [5.41, 5.74) is 1.22. The van der Waals surface area contributed by atoms with Crippen molar-refractivity contribution in [3.63, 3.8) is 0 Å². The molecule has 0 radical (unpaired) electrons. The fraction of sp³-hybridized carbons (Fsp3) is 0.533. The van der Waals surface area contributed by atoms with Crippen molar-refractivity contribution in [3.05, 3.63) is 24.0 Å². The van der Waals surface area contributed by atoms with E-state index < -0.39 is 0 Å². The minimum absolute atomic E-state index is 0.0548. The van der Waals surface area contributed by atoms with Gasteiger partial charge in [-0.15, -0.1) is 0 Å². The molecule has 21 heavy (non-hydrogen) atoms. The molecular weight excluding hydrogens is 266 g/mol. The van der Waals surface area contributed by atoms with E-state index in [9.17, 15) is 4.79 Å². The van der Waals surface area contributed by atoms with E-state index in [0.29, 0.717) is 17.3 Å². The molecule has 0 bridgehead atoms. The van der Waals surface area contributed by atoms with Gasteiger partial charge in [-0.1, -0.05) is 0 Å². The molecule has 4 rings (SSSR count). The largest absolute Gasteiger partial charge is 0.357 e. The maximum absolute atomic E-state index is 12.3. The molecule has 110 valence electrons. The molecule has 1 aliphatic heterocycles. The van der Waals surface area contributed by atoms with Crippen LogP contribution in [0.1, 0.15) is 42.5 Å². The molecule has 2 aromatic heterocycles. The highest BCUT2D eigenvalue weighted by Crippen LogP contribution is 2.21. The summed E-state index contributed by atoms with van der Waals surface area (Å²) in [5.74, 6) is 0.888. The highest BCUT2D eigenvalue weighted by atomic mass is 16.1. The lowest BCUT2D eigenvalue weighted by Crippen LogP contribution is -2.39. The molecule has 2 aromatic rings. The van der Waals surface area contributed by atoms with Gasteiger partial charge >= 0.3 is 0 Å². The summed E-state index contributed by atoms with van der Waals surface area (Å²) in [7, 11) is 0. The quantitative estimate of drug-likeness (QED) is 0.930. The van der Waals surface area contributed by atoms with Crippen molar-refractivity contribution < 1.29 is 4.79 Å². The smallest absolute Gasteiger partial charge is 0.256 e. The molecule has 1 N–H and O–H groups in total. The number of anilines is 1. The summed E-state index contributed by atoms with van der Waals surface area (Å²) in [6.07, 6.45) is 9.29. The normalized spacial score (nSPS) is 19.0. The van der Waals surface area contributed by atoms with Gasteiger partial charge < -0.3 is 10.2 Å². The van der Waals surface area contributed by atoms with Gasteiger partial charge in [0.2, 0.25) is 0 Å². The molecule has 2 aliphatic rings. The minimum atomic E-state index is -0.0548. The van der Waals surface area contributed by atoms with Crippen LogP contribution in [0.2, 0.25) is 0 Å². The van der Waals surface area contributed by atoms with Crippen LogP contribution in [0, 0.1) is 0 Å². The van der Waals surface area contributed by atoms with Crippen LogP contribution >= 0.6 is 0 Å². The van der Waals surface area contributed by atoms with Gasteiger partial charge in [0.05, 0.1) is 6.20 Å². The van der Waals surface area contributed by atoms with Crippen molar-refractivity contribution >= 4 is 17.4 Å². The van der Waals surface area contributed by atoms with Crippen LogP contribution in [-0.4, -0.2) is 39.6 Å². The Morgan fingerprint density at radius 2 is 2.05 bits per heavy atom. The van der Waals surface area contributed by atoms with Crippen molar-refractivity contribution in [1.29, 1.82) is 0 Å². The monoisotopic (exact) mass is 285 g/mol. The summed E-state index contributed by atoms with van der Waals surface area (Å²) in [6.45, 7) is 2.09. The van der Waals surface area contributed by atoms with Gasteiger partial charge in [0.25, 0.3) is 5.91 Å². The summed E-state index contributed by atoms with van der Waals surface area (Å²) in [5, 5.41) is 7.29. The Balaban J connectivity index is 1.64. The molecule has 1 amide bonds. The second-order valence-electron chi connectivity index (χ2n) is 5.91. The number of fused-ring (bicyclic) bond motifs is 1. The first-order chi connectivity index (χ1) is 10.3. The standard InChI is InChI=1S/C15H19N5O/c21-15(17-11-4-3-5-11)12-10-16-20-9-6-13(18-14(12)20)19-7-1-2-8-19/h6,9-11H,1-5,7-8H2,(H,17,21). The third-order valence-corrected chi connectivity index (χ3v) is 4.47. The van der Waals surface area contributed by atoms with E-state index in [0.717, 1.165) is 31.7 Å². The second kappa shape index (κ2) is 5.02. The molecule has 1 saturated heterocycles. The zero-order valence-electron chi connectivity index (χ0n) is 12.0. The fourth-order valence-electron chi connectivity index (χ4n) is 2.96. The maximum atomic E-state index is 12.3. The molecule has 6 heteroatoms. The highest BCUT2D eigenvalue weighted by Gasteiger charge is 2.23. The third kappa shape index (κ3) is 2.24. The summed E-state index contributed by atoms with van der Waals surface area (Å²) in [4.78, 5) is 19.3. The van der Waals surface area contributed by atoms with Crippen LogP contribution in [-0.2, 0) is 0 Å². The Bertz CT molecular complexity index is 670. The lowest BCUT2D eigenvalue weighted by Gasteiger charge is -2.26. The number of amides is 1. The molecule has 3 heterocycles. The number of hydrogen-bond acceptors (Lipinski definition) is 4. The van der Waals surface area contributed by atoms with E-state index in [1.807, 2.05) is 12.3 Å². The summed E-state index contributed by atoms with van der Waals surface area (Å²) < 4.78 is 1.68. The summed E-state index contributed by atoms with van der Waals surface area (Å²) in [6, 6.07) is 2.30. The lowest BCUT2D eigenvalue weighted by molar-refractivity contribution is 0.0918. The Hall–Kier alpha value is -2.11. The molecular formula is C15H19N5O. The first-order valence-electron chi connectivity index (χ1n) is 7.71. The fourth-order valence-corrected chi connectivity index (χ4v) is 2.96. The first kappa shape index (κ1) is 12.6. The van der Waals surface area contributed by atoms with Gasteiger partial charge in [0, 0.05) is 25.3 Å². The maximum Gasteiger partial charge on any atom is 0.256 e. The Morgan fingerprint density at radius 3 is 2.76 bits per heavy atom. The molecule has 0 aromatic carbocycles. The lowest BCUT2D eigenvalue weighted by atomic mass is 9.93. The van der Waals surface area contributed by atoms with Crippen molar-refractivity contribution in [2.24, 2.45) is 0 Å². The molecule has 1 aliphatic carbocycles. The molecule has 6 nitrogen and oxygen atoms in total. The number of rotatable bonds is 3. The molecule has 1 saturated carbocycles. The predicted molar refractivity (Wildman–Crippen MR) is 79.5 cm³/mol. The van der Waals surface area contributed by atoms with Crippen molar-refractivity contribution in [1.82, 2.24) is 19.9 Å². The Kier molecular flexibility index (Phi) is 3.02. The molecule has 0 atom stereocenters. The van der Waals surface area contributed by atoms with Crippen LogP contribution in [0.25, 0.3) is 5.65 Å². The SMILES string of the molecule is O=C(NC1CCC1)c1cnn2ccc(N3CCCC3)nc12. The molecule has 0 unspecified atom stereocenters. The predicted octanol–water partition coefficient (Wildman–Crippen LogP) is 1.61. The van der Waals surface area contributed by atoms with Gasteiger partial charge in [-0.05, 0) is 38.2 Å². The van der Waals surface area contributed by atoms with Crippen molar-refractivity contribution in [3.8, 4) is 0 Å². The van der Waals surface area contributed by atoms with Crippen LogP contribution in [0.5, 0.6) is 0 Å². The van der Waals surface area contributed by atoms with Crippen molar-refractivity contribution in [2.45, 2.75) is 38.1 Å². The second-order valence-corrected chi connectivity index (χ2v) is 5.91. The van der Waals surface area contributed by atoms with Gasteiger partial charge in [-0.25, -0.2) is 9.50 Å². The van der Waals surface area contributed by atoms with Crippen molar-refractivity contribution in [2.75, 3.05) is 18.0 Å². The van der Waals surface area contributed by atoms with Crippen LogP contribution in [0.3, 0.4) is 0 Å². The average molecular weight is 285 g/mol. The Morgan fingerprint density at radius 1 is 1.24 bits per heavy atom. The highest BCUT2D eigenvalue weighted by molar-refractivity contribution is 6.00. The zero-order chi connectivity index (χ0) is 14.2. The molecule has 0 spiro atoms. The number of carbonyl (C=O) groups is 1. The molecule has 2 fully saturated rings. The average Bonchev–Trinajstić information content (AvgIpc) is 3.10. The van der Waals surface area contributed by atoms with E-state index in [1.165, 1.54) is 19.3 Å². The zero-order valence-corrected chi connectivity index (χ0v) is 12.0. The van der Waals surface area contributed by atoms with E-state index >= 15 is 0 Å². The number of hydrogen-bond donors (Lipinski definition) is 1. The van der Waals surface area contributed by atoms with E-state index in [4.69, 9.17) is 0 Å². The number of nitrogens with zero attached hydrogens (tertiary/aromatic N) is 4. The first-order valence-corrected chi connectivity index (χ1v) is 7.71. The van der Waals surface area contributed by atoms with Gasteiger partial charge in [-0.3, -0.25) is 4.79 Å². The topological polar surface area (TPSA) is 62.5 Å². The van der Waals surface area contributed by atoms with E-state index in [2.05, 4.69) is 20.3 Å². The van der Waals surface area contributed by atoms with Crippen LogP contribution in [0.15, 0.2) is 18.5 Å². The number of aromatic nitrogens is 3. The van der Waals surface area contributed by atoms with Gasteiger partial charge in [-0.2, -0.15) is 5.10 Å². The summed E-state index contributed by atoms with van der Waals surface area (Å²) >= 11 is 0. The van der Waals surface area contributed by atoms with E-state index in [1.54, 1.807) is 10.7 Å². The third-order valence-electron chi connectivity index (χ3n) is 4.47. The van der Waals surface area contributed by atoms with Crippen LogP contribution < -0.4 is 10.2 Å². The Labute approximate surface area is 123 Å². The number of nitrogens with one attached hydrogen (secondary N) is 1. The van der Waals surface area contributed by atoms with Gasteiger partial charge in [0.15, 0.2) is 5.65 Å². The van der Waals surface area contributed by atoms with Crippen LogP contribution in [0.4, 0.5) is 5.82 Å².